The monoisotopic (exact) mass is 481 g/mol. The lowest BCUT2D eigenvalue weighted by atomic mass is 9.93. The largest absolute Gasteiger partial charge is 0.446 e. The van der Waals surface area contributed by atoms with Crippen LogP contribution in [0.25, 0.3) is 0 Å². The first kappa shape index (κ1) is 22.6. The third-order valence-corrected chi connectivity index (χ3v) is 6.16. The Kier molecular flexibility index (Phi) is 7.07. The maximum atomic E-state index is 13.2. The van der Waals surface area contributed by atoms with Crippen molar-refractivity contribution in [2.75, 3.05) is 13.2 Å². The smallest absolute Gasteiger partial charge is 0.417 e. The van der Waals surface area contributed by atoms with Gasteiger partial charge in [0.2, 0.25) is 5.91 Å². The van der Waals surface area contributed by atoms with Gasteiger partial charge in [0.15, 0.2) is 11.6 Å². The lowest BCUT2D eigenvalue weighted by Crippen LogP contribution is -2.51. The zero-order valence-corrected chi connectivity index (χ0v) is 18.1. The topological polar surface area (TPSA) is 113 Å². The molecule has 1 aromatic rings. The fourth-order valence-corrected chi connectivity index (χ4v) is 4.10. The molecule has 0 radical (unpaired) electrons. The van der Waals surface area contributed by atoms with Crippen molar-refractivity contribution in [3.8, 4) is 0 Å². The van der Waals surface area contributed by atoms with Crippen LogP contribution in [-0.2, 0) is 19.1 Å². The van der Waals surface area contributed by atoms with Crippen LogP contribution in [0.1, 0.15) is 37.8 Å². The Bertz CT molecular complexity index is 843. The van der Waals surface area contributed by atoms with Gasteiger partial charge in [0.25, 0.3) is 0 Å². The number of rotatable bonds is 7. The van der Waals surface area contributed by atoms with Crippen LogP contribution in [0.4, 0.5) is 4.79 Å². The first-order chi connectivity index (χ1) is 14.3. The molecule has 1 fully saturated rings. The number of cyclic esters (lactones) is 1. The van der Waals surface area contributed by atoms with Crippen molar-refractivity contribution >= 4 is 33.7 Å². The van der Waals surface area contributed by atoms with E-state index in [0.29, 0.717) is 12.8 Å². The minimum Gasteiger partial charge on any atom is -0.446 e. The predicted octanol–water partition coefficient (Wildman–Crippen LogP) is 2.44. The Morgan fingerprint density at radius 2 is 2.00 bits per heavy atom. The average molecular weight is 482 g/mol. The number of halogens is 1. The van der Waals surface area contributed by atoms with Crippen LogP contribution in [0, 0.1) is 5.92 Å². The van der Waals surface area contributed by atoms with Gasteiger partial charge in [-0.15, -0.1) is 0 Å². The van der Waals surface area contributed by atoms with Crippen molar-refractivity contribution in [2.45, 2.75) is 44.1 Å². The van der Waals surface area contributed by atoms with E-state index in [2.05, 4.69) is 15.9 Å². The van der Waals surface area contributed by atoms with Crippen LogP contribution in [0.5, 0.6) is 0 Å². The van der Waals surface area contributed by atoms with Gasteiger partial charge >= 0.3 is 6.09 Å². The van der Waals surface area contributed by atoms with Gasteiger partial charge in [0, 0.05) is 13.0 Å². The second kappa shape index (κ2) is 9.38. The summed E-state index contributed by atoms with van der Waals surface area (Å²) in [6, 6.07) is 8.41. The lowest BCUT2D eigenvalue weighted by molar-refractivity contribution is -0.217. The van der Waals surface area contributed by atoms with Crippen molar-refractivity contribution in [3.63, 3.8) is 0 Å². The van der Waals surface area contributed by atoms with Gasteiger partial charge in [-0.2, -0.15) is 0 Å². The van der Waals surface area contributed by atoms with E-state index in [9.17, 15) is 19.5 Å². The number of carbonyl (C=O) groups excluding carboxylic acids is 3. The highest BCUT2D eigenvalue weighted by Crippen LogP contribution is 2.38. The molecule has 4 atom stereocenters. The van der Waals surface area contributed by atoms with Crippen molar-refractivity contribution in [1.82, 2.24) is 4.90 Å². The summed E-state index contributed by atoms with van der Waals surface area (Å²) >= 11 is 3.17. The first-order valence-electron chi connectivity index (χ1n) is 9.76. The molecule has 0 unspecified atom stereocenters. The number of benzene rings is 1. The zero-order chi connectivity index (χ0) is 21.9. The quantitative estimate of drug-likeness (QED) is 0.574. The maximum Gasteiger partial charge on any atom is 0.417 e. The van der Waals surface area contributed by atoms with E-state index in [4.69, 9.17) is 14.6 Å². The molecule has 2 aliphatic heterocycles. The van der Waals surface area contributed by atoms with Gasteiger partial charge in [-0.1, -0.05) is 37.3 Å². The summed E-state index contributed by atoms with van der Waals surface area (Å²) in [5.41, 5.74) is 0.739. The van der Waals surface area contributed by atoms with E-state index in [1.807, 2.05) is 6.07 Å². The predicted molar refractivity (Wildman–Crippen MR) is 109 cm³/mol. The van der Waals surface area contributed by atoms with Crippen LogP contribution in [0.15, 0.2) is 40.9 Å². The Morgan fingerprint density at radius 3 is 2.67 bits per heavy atom. The Labute approximate surface area is 182 Å². The van der Waals surface area contributed by atoms with Crippen molar-refractivity contribution in [2.24, 2.45) is 5.92 Å². The van der Waals surface area contributed by atoms with E-state index in [-0.39, 0.29) is 24.1 Å². The second-order valence-electron chi connectivity index (χ2n) is 7.40. The fraction of sp³-hybridized carbons (Fsp3) is 0.476. The van der Waals surface area contributed by atoms with E-state index in [1.165, 1.54) is 13.0 Å². The minimum atomic E-state index is -1.79. The lowest BCUT2D eigenvalue weighted by Gasteiger charge is -2.37. The molecule has 2 heterocycles. The third-order valence-electron chi connectivity index (χ3n) is 5.31. The third kappa shape index (κ3) is 4.49. The summed E-state index contributed by atoms with van der Waals surface area (Å²) < 4.78 is 10.9. The summed E-state index contributed by atoms with van der Waals surface area (Å²) in [6.45, 7) is 1.48. The number of hydrogen-bond acceptors (Lipinski definition) is 7. The van der Waals surface area contributed by atoms with Crippen LogP contribution >= 0.6 is 15.9 Å². The van der Waals surface area contributed by atoms with Gasteiger partial charge in [-0.25, -0.2) is 9.69 Å². The van der Waals surface area contributed by atoms with E-state index >= 15 is 0 Å². The molecule has 30 heavy (non-hydrogen) atoms. The molecule has 1 saturated heterocycles. The number of nitrogens with zero attached hydrogens (tertiary/aromatic N) is 1. The van der Waals surface area contributed by atoms with E-state index < -0.39 is 41.6 Å². The number of imide groups is 1. The van der Waals surface area contributed by atoms with Crippen LogP contribution in [-0.4, -0.2) is 58.0 Å². The molecule has 3 rings (SSSR count). The molecule has 0 spiro atoms. The minimum absolute atomic E-state index is 0.0251. The number of ether oxygens (including phenoxy) is 2. The average Bonchev–Trinajstić information content (AvgIpc) is 3.12. The van der Waals surface area contributed by atoms with Crippen molar-refractivity contribution in [3.05, 3.63) is 46.5 Å². The van der Waals surface area contributed by atoms with Crippen molar-refractivity contribution < 1.29 is 34.1 Å². The highest BCUT2D eigenvalue weighted by atomic mass is 79.9. The molecule has 1 aromatic carbocycles. The highest BCUT2D eigenvalue weighted by molar-refractivity contribution is 9.11. The molecule has 0 bridgehead atoms. The van der Waals surface area contributed by atoms with Crippen LogP contribution < -0.4 is 0 Å². The SMILES string of the molecule is C[C@@H](C(=O)N1C(=O)OC[C@H]1c1ccccc1)[C@H]1O[C@@](O)(CCCCO)C(Br)=CC1=O. The molecule has 9 heteroatoms. The summed E-state index contributed by atoms with van der Waals surface area (Å²) in [7, 11) is 0. The molecular weight excluding hydrogens is 458 g/mol. The number of aliphatic hydroxyl groups excluding tert-OH is 1. The van der Waals surface area contributed by atoms with Gasteiger partial charge < -0.3 is 19.7 Å². The van der Waals surface area contributed by atoms with Gasteiger partial charge in [-0.3, -0.25) is 9.59 Å². The first-order valence-corrected chi connectivity index (χ1v) is 10.5. The fourth-order valence-electron chi connectivity index (χ4n) is 3.58. The van der Waals surface area contributed by atoms with Gasteiger partial charge in [-0.05, 0) is 40.4 Å². The number of ketones is 1. The van der Waals surface area contributed by atoms with Crippen molar-refractivity contribution in [1.29, 1.82) is 0 Å². The Hall–Kier alpha value is -2.07. The highest BCUT2D eigenvalue weighted by Gasteiger charge is 2.48. The molecule has 0 aromatic heterocycles. The summed E-state index contributed by atoms with van der Waals surface area (Å²) in [6.07, 6.45) is 0.203. The number of unbranched alkanes of at least 4 members (excludes halogenated alkanes) is 1. The molecule has 8 nitrogen and oxygen atoms in total. The van der Waals surface area contributed by atoms with E-state index in [0.717, 1.165) is 10.5 Å². The standard InChI is InChI=1S/C21H24BrNO7/c1-13(18-16(25)11-17(22)21(28,30-18)9-5-6-10-24)19(26)23-15(12-29-20(23)27)14-7-3-2-4-8-14/h2-4,7-8,11,13,15,18,24,28H,5-6,9-10,12H2,1H3/t13-,15+,18-,21+/m1/s1. The Balaban J connectivity index is 1.80. The summed E-state index contributed by atoms with van der Waals surface area (Å²) in [4.78, 5) is 39.0. The van der Waals surface area contributed by atoms with Crippen LogP contribution in [0.2, 0.25) is 0 Å². The summed E-state index contributed by atoms with van der Waals surface area (Å²) in [5, 5.41) is 19.8. The second-order valence-corrected chi connectivity index (χ2v) is 8.25. The molecule has 2 aliphatic rings. The van der Waals surface area contributed by atoms with Gasteiger partial charge in [0.1, 0.15) is 18.8 Å². The molecular formula is C21H24BrNO7. The normalized spacial score (nSPS) is 27.6. The molecule has 0 saturated carbocycles. The zero-order valence-electron chi connectivity index (χ0n) is 16.5. The molecule has 2 N–H and O–H groups in total. The number of amides is 2. The molecule has 162 valence electrons. The van der Waals surface area contributed by atoms with Gasteiger partial charge in [0.05, 0.1) is 10.4 Å². The number of aliphatic hydroxyl groups is 2. The number of carbonyl (C=O) groups is 3. The summed E-state index contributed by atoms with van der Waals surface area (Å²) in [5.74, 6) is -3.92. The number of hydrogen-bond donors (Lipinski definition) is 2. The van der Waals surface area contributed by atoms with Crippen LogP contribution in [0.3, 0.4) is 0 Å². The van der Waals surface area contributed by atoms with E-state index in [1.54, 1.807) is 24.3 Å². The maximum absolute atomic E-state index is 13.2. The Morgan fingerprint density at radius 1 is 1.30 bits per heavy atom. The molecule has 0 aliphatic carbocycles. The molecule has 2 amide bonds.